The second-order valence-electron chi connectivity index (χ2n) is 7.82. The maximum Gasteiger partial charge on any atom is 0.293 e. The number of fused-ring (bicyclic) bond motifs is 1. The number of nitrogens with zero attached hydrogens (tertiary/aromatic N) is 2. The molecule has 33 heavy (non-hydrogen) atoms. The van der Waals surface area contributed by atoms with Gasteiger partial charge in [0.1, 0.15) is 0 Å². The summed E-state index contributed by atoms with van der Waals surface area (Å²) in [6.07, 6.45) is 0. The molecule has 0 saturated carbocycles. The summed E-state index contributed by atoms with van der Waals surface area (Å²) in [6, 6.07) is 15.4. The summed E-state index contributed by atoms with van der Waals surface area (Å²) in [5.74, 6) is -0.272. The highest BCUT2D eigenvalue weighted by molar-refractivity contribution is 6.08. The maximum atomic E-state index is 13.3. The Kier molecular flexibility index (Phi) is 8.11. The molecule has 0 spiro atoms. The van der Waals surface area contributed by atoms with Crippen LogP contribution in [0.3, 0.4) is 0 Å². The number of ether oxygens (including phenoxy) is 1. The van der Waals surface area contributed by atoms with Crippen molar-refractivity contribution in [2.24, 2.45) is 7.05 Å². The van der Waals surface area contributed by atoms with Gasteiger partial charge in [-0.1, -0.05) is 44.2 Å². The van der Waals surface area contributed by atoms with Gasteiger partial charge in [0.25, 0.3) is 11.5 Å². The summed E-state index contributed by atoms with van der Waals surface area (Å²) in [7, 11) is 3.10. The van der Waals surface area contributed by atoms with Gasteiger partial charge in [0.05, 0.1) is 24.2 Å². The van der Waals surface area contributed by atoms with E-state index in [1.54, 1.807) is 7.05 Å². The molecular weight excluding hydrogens is 416 g/mol. The maximum absolute atomic E-state index is 13.3. The largest absolute Gasteiger partial charge is 0.490 e. The van der Waals surface area contributed by atoms with Crippen LogP contribution in [0.15, 0.2) is 53.3 Å². The number of benzene rings is 2. The first kappa shape index (κ1) is 24.3. The van der Waals surface area contributed by atoms with Crippen LogP contribution in [0.1, 0.15) is 42.7 Å². The zero-order valence-electron chi connectivity index (χ0n) is 20.1. The van der Waals surface area contributed by atoms with E-state index in [-0.39, 0.29) is 28.8 Å². The van der Waals surface area contributed by atoms with E-state index in [0.29, 0.717) is 10.9 Å². The second-order valence-corrected chi connectivity index (χ2v) is 7.82. The van der Waals surface area contributed by atoms with Crippen LogP contribution in [0.5, 0.6) is 5.75 Å². The van der Waals surface area contributed by atoms with Gasteiger partial charge in [-0.05, 0) is 30.7 Å². The predicted molar refractivity (Wildman–Crippen MR) is 134 cm³/mol. The fourth-order valence-electron chi connectivity index (χ4n) is 4.15. The first-order chi connectivity index (χ1) is 16.0. The lowest BCUT2D eigenvalue weighted by molar-refractivity contribution is 0.0938. The molecule has 176 valence electrons. The molecule has 1 aliphatic heterocycles. The molecule has 7 nitrogen and oxygen atoms in total. The Bertz CT molecular complexity index is 1170. The smallest absolute Gasteiger partial charge is 0.293 e. The minimum Gasteiger partial charge on any atom is -0.490 e. The number of rotatable bonds is 5. The van der Waals surface area contributed by atoms with E-state index in [9.17, 15) is 9.59 Å². The van der Waals surface area contributed by atoms with E-state index in [2.05, 4.69) is 27.7 Å². The van der Waals surface area contributed by atoms with Crippen LogP contribution in [0.4, 0.5) is 5.69 Å². The summed E-state index contributed by atoms with van der Waals surface area (Å²) < 4.78 is 6.87. The van der Waals surface area contributed by atoms with Crippen molar-refractivity contribution in [3.05, 3.63) is 70.0 Å². The average Bonchev–Trinajstić information content (AvgIpc) is 2.87. The van der Waals surface area contributed by atoms with Crippen molar-refractivity contribution >= 4 is 22.5 Å². The van der Waals surface area contributed by atoms with E-state index >= 15 is 0 Å². The number of carbonyl (C=O) groups is 1. The highest BCUT2D eigenvalue weighted by atomic mass is 16.5. The Balaban J connectivity index is 0.00000149. The Morgan fingerprint density at radius 3 is 2.48 bits per heavy atom. The molecule has 0 radical (unpaired) electrons. The molecule has 1 unspecified atom stereocenters. The van der Waals surface area contributed by atoms with Crippen LogP contribution in [0.25, 0.3) is 10.9 Å². The molecule has 2 N–H and O–H groups in total. The summed E-state index contributed by atoms with van der Waals surface area (Å²) >= 11 is 0. The molecule has 3 aromatic rings. The Morgan fingerprint density at radius 2 is 1.79 bits per heavy atom. The minimum atomic E-state index is -0.334. The number of anilines is 1. The Labute approximate surface area is 195 Å². The molecule has 0 bridgehead atoms. The van der Waals surface area contributed by atoms with Crippen LogP contribution in [0, 0.1) is 0 Å². The summed E-state index contributed by atoms with van der Waals surface area (Å²) in [6.45, 7) is 9.80. The first-order valence-electron chi connectivity index (χ1n) is 11.5. The van der Waals surface area contributed by atoms with E-state index in [4.69, 9.17) is 4.74 Å². The average molecular weight is 451 g/mol. The lowest BCUT2D eigenvalue weighted by Gasteiger charge is -2.30. The molecule has 2 aromatic carbocycles. The van der Waals surface area contributed by atoms with Crippen LogP contribution in [-0.4, -0.2) is 43.8 Å². The third-order valence-electron chi connectivity index (χ3n) is 5.89. The lowest BCUT2D eigenvalue weighted by Crippen LogP contribution is -2.43. The molecule has 4 rings (SSSR count). The van der Waals surface area contributed by atoms with Crippen LogP contribution in [-0.2, 0) is 7.05 Å². The van der Waals surface area contributed by atoms with Crippen molar-refractivity contribution < 1.29 is 9.53 Å². The van der Waals surface area contributed by atoms with Gasteiger partial charge in [-0.25, -0.2) is 0 Å². The molecule has 1 saturated heterocycles. The number of methoxy groups -OCH3 is 1. The van der Waals surface area contributed by atoms with Gasteiger partial charge >= 0.3 is 0 Å². The van der Waals surface area contributed by atoms with Gasteiger partial charge in [0, 0.05) is 44.3 Å². The number of carbonyl (C=O) groups excluding carboxylic acids is 1. The molecule has 1 aromatic heterocycles. The molecule has 2 heterocycles. The van der Waals surface area contributed by atoms with Crippen molar-refractivity contribution in [1.29, 1.82) is 0 Å². The number of amides is 1. The van der Waals surface area contributed by atoms with Gasteiger partial charge < -0.3 is 24.8 Å². The number of aryl methyl sites for hydroxylation is 1. The summed E-state index contributed by atoms with van der Waals surface area (Å²) in [4.78, 5) is 28.4. The zero-order chi connectivity index (χ0) is 24.0. The molecule has 7 heteroatoms. The van der Waals surface area contributed by atoms with Crippen LogP contribution >= 0.6 is 0 Å². The molecule has 1 amide bonds. The SMILES string of the molecule is CC.COc1c(C(=O)NC(C)c2cccc(N3CCNCC3)c2)c2ccccc2n(C)c1=O. The lowest BCUT2D eigenvalue weighted by atomic mass is 10.0. The molecule has 1 aliphatic rings. The quantitative estimate of drug-likeness (QED) is 0.623. The Hall–Kier alpha value is -3.32. The van der Waals surface area contributed by atoms with Gasteiger partial charge in [-0.2, -0.15) is 0 Å². The standard InChI is InChI=1S/C24H28N4O3.C2H6/c1-16(17-7-6-8-18(15-17)28-13-11-25-12-14-28)26-23(29)21-19-9-4-5-10-20(19)27(2)24(30)22(21)31-3;1-2/h4-10,15-16,25H,11-14H2,1-3H3,(H,26,29);1-2H3. The molecule has 1 fully saturated rings. The number of piperazine rings is 1. The fourth-order valence-corrected chi connectivity index (χ4v) is 4.15. The van der Waals surface area contributed by atoms with Gasteiger partial charge in [0.2, 0.25) is 0 Å². The van der Waals surface area contributed by atoms with Crippen molar-refractivity contribution in [2.75, 3.05) is 38.2 Å². The predicted octanol–water partition coefficient (Wildman–Crippen LogP) is 3.47. The number of para-hydroxylation sites is 1. The highest BCUT2D eigenvalue weighted by Crippen LogP contribution is 2.26. The van der Waals surface area contributed by atoms with Crippen molar-refractivity contribution in [2.45, 2.75) is 26.8 Å². The normalized spacial score (nSPS) is 14.3. The highest BCUT2D eigenvalue weighted by Gasteiger charge is 2.23. The Morgan fingerprint density at radius 1 is 1.09 bits per heavy atom. The summed E-state index contributed by atoms with van der Waals surface area (Å²) in [5, 5.41) is 7.10. The van der Waals surface area contributed by atoms with Crippen molar-refractivity contribution in [3.8, 4) is 5.75 Å². The van der Waals surface area contributed by atoms with Crippen LogP contribution < -0.4 is 25.8 Å². The number of nitrogens with one attached hydrogen (secondary N) is 2. The monoisotopic (exact) mass is 450 g/mol. The first-order valence-corrected chi connectivity index (χ1v) is 11.5. The molecule has 0 aliphatic carbocycles. The minimum absolute atomic E-state index is 0.0560. The fraction of sp³-hybridized carbons (Fsp3) is 0.385. The number of aromatic nitrogens is 1. The van der Waals surface area contributed by atoms with E-state index in [1.165, 1.54) is 11.7 Å². The van der Waals surface area contributed by atoms with Gasteiger partial charge in [-0.15, -0.1) is 0 Å². The van der Waals surface area contributed by atoms with Crippen molar-refractivity contribution in [3.63, 3.8) is 0 Å². The third-order valence-corrected chi connectivity index (χ3v) is 5.89. The van der Waals surface area contributed by atoms with E-state index in [0.717, 1.165) is 37.4 Å². The second kappa shape index (κ2) is 11.0. The summed E-state index contributed by atoms with van der Waals surface area (Å²) in [5.41, 5.74) is 2.78. The number of hydrogen-bond acceptors (Lipinski definition) is 5. The molecule has 1 atom stereocenters. The third kappa shape index (κ3) is 5.03. The number of pyridine rings is 1. The van der Waals surface area contributed by atoms with Crippen LogP contribution in [0.2, 0.25) is 0 Å². The van der Waals surface area contributed by atoms with Gasteiger partial charge in [-0.3, -0.25) is 9.59 Å². The topological polar surface area (TPSA) is 75.6 Å². The molecular formula is C26H34N4O3. The zero-order valence-corrected chi connectivity index (χ0v) is 20.1. The van der Waals surface area contributed by atoms with E-state index < -0.39 is 0 Å². The number of hydrogen-bond donors (Lipinski definition) is 2. The van der Waals surface area contributed by atoms with Gasteiger partial charge in [0.15, 0.2) is 5.75 Å². The van der Waals surface area contributed by atoms with E-state index in [1.807, 2.05) is 57.2 Å². The van der Waals surface area contributed by atoms with Crippen molar-refractivity contribution in [1.82, 2.24) is 15.2 Å².